The Balaban J connectivity index is 2.12. The molecule has 1 aromatic carbocycles. The SMILES string of the molecule is CN(C)c1ccc(C=Nc2ccccn2)cc1. The molecule has 0 spiro atoms. The van der Waals surface area contributed by atoms with Gasteiger partial charge in [0.15, 0.2) is 5.82 Å². The van der Waals surface area contributed by atoms with E-state index in [1.54, 1.807) is 6.20 Å². The molecule has 86 valence electrons. The third kappa shape index (κ3) is 3.14. The average Bonchev–Trinajstić information content (AvgIpc) is 2.38. The number of hydrogen-bond acceptors (Lipinski definition) is 3. The van der Waals surface area contributed by atoms with Crippen LogP contribution in [0.4, 0.5) is 11.5 Å². The van der Waals surface area contributed by atoms with E-state index in [9.17, 15) is 0 Å². The number of rotatable bonds is 3. The van der Waals surface area contributed by atoms with Crippen molar-refractivity contribution in [2.75, 3.05) is 19.0 Å². The second-order valence-electron chi connectivity index (χ2n) is 3.93. The normalized spacial score (nSPS) is 10.7. The summed E-state index contributed by atoms with van der Waals surface area (Å²) in [7, 11) is 4.05. The van der Waals surface area contributed by atoms with Crippen LogP contribution < -0.4 is 4.90 Å². The van der Waals surface area contributed by atoms with Gasteiger partial charge in [0.2, 0.25) is 0 Å². The number of nitrogens with zero attached hydrogens (tertiary/aromatic N) is 3. The average molecular weight is 225 g/mol. The van der Waals surface area contributed by atoms with Crippen molar-refractivity contribution in [1.82, 2.24) is 4.98 Å². The van der Waals surface area contributed by atoms with Crippen LogP contribution in [-0.2, 0) is 0 Å². The lowest BCUT2D eigenvalue weighted by Gasteiger charge is -2.11. The van der Waals surface area contributed by atoms with Crippen LogP contribution in [-0.4, -0.2) is 25.3 Å². The summed E-state index contributed by atoms with van der Waals surface area (Å²) >= 11 is 0. The molecular weight excluding hydrogens is 210 g/mol. The summed E-state index contributed by atoms with van der Waals surface area (Å²) in [5, 5.41) is 0. The van der Waals surface area contributed by atoms with Crippen LogP contribution in [0.1, 0.15) is 5.56 Å². The number of hydrogen-bond donors (Lipinski definition) is 0. The van der Waals surface area contributed by atoms with Crippen molar-refractivity contribution in [2.24, 2.45) is 4.99 Å². The standard InChI is InChI=1S/C14H15N3/c1-17(2)13-8-6-12(7-9-13)11-16-14-5-3-4-10-15-14/h3-11H,1-2H3. The number of aromatic nitrogens is 1. The maximum absolute atomic E-state index is 4.30. The maximum Gasteiger partial charge on any atom is 0.151 e. The highest BCUT2D eigenvalue weighted by Gasteiger charge is 1.94. The molecule has 0 N–H and O–H groups in total. The largest absolute Gasteiger partial charge is 0.378 e. The summed E-state index contributed by atoms with van der Waals surface area (Å²) < 4.78 is 0. The smallest absolute Gasteiger partial charge is 0.151 e. The molecule has 0 saturated heterocycles. The molecule has 0 aliphatic heterocycles. The van der Waals surface area contributed by atoms with Gasteiger partial charge in [-0.2, -0.15) is 0 Å². The van der Waals surface area contributed by atoms with Crippen molar-refractivity contribution in [3.05, 3.63) is 54.2 Å². The molecule has 2 rings (SSSR count). The van der Waals surface area contributed by atoms with Gasteiger partial charge in [-0.25, -0.2) is 9.98 Å². The molecule has 0 aliphatic rings. The minimum atomic E-state index is 0.726. The summed E-state index contributed by atoms with van der Waals surface area (Å²) in [6.45, 7) is 0. The first-order valence-electron chi connectivity index (χ1n) is 5.48. The number of anilines is 1. The molecule has 0 aliphatic carbocycles. The van der Waals surface area contributed by atoms with E-state index >= 15 is 0 Å². The Morgan fingerprint density at radius 1 is 1.06 bits per heavy atom. The Morgan fingerprint density at radius 2 is 1.82 bits per heavy atom. The lowest BCUT2D eigenvalue weighted by molar-refractivity contribution is 1.13. The lowest BCUT2D eigenvalue weighted by atomic mass is 10.2. The second kappa shape index (κ2) is 5.25. The highest BCUT2D eigenvalue weighted by Crippen LogP contribution is 2.12. The Labute approximate surface area is 101 Å². The van der Waals surface area contributed by atoms with Crippen molar-refractivity contribution in [2.45, 2.75) is 0 Å². The van der Waals surface area contributed by atoms with Crippen LogP contribution in [0.15, 0.2) is 53.7 Å². The van der Waals surface area contributed by atoms with Crippen molar-refractivity contribution >= 4 is 17.7 Å². The quantitative estimate of drug-likeness (QED) is 0.751. The van der Waals surface area contributed by atoms with E-state index in [2.05, 4.69) is 27.0 Å². The molecule has 0 fully saturated rings. The van der Waals surface area contributed by atoms with Crippen LogP contribution in [0.3, 0.4) is 0 Å². The van der Waals surface area contributed by atoms with Crippen LogP contribution >= 0.6 is 0 Å². The molecule has 1 heterocycles. The molecule has 3 heteroatoms. The molecule has 17 heavy (non-hydrogen) atoms. The van der Waals surface area contributed by atoms with Gasteiger partial charge >= 0.3 is 0 Å². The predicted octanol–water partition coefficient (Wildman–Crippen LogP) is 2.90. The minimum absolute atomic E-state index is 0.726. The van der Waals surface area contributed by atoms with Gasteiger partial charge in [0.25, 0.3) is 0 Å². The lowest BCUT2D eigenvalue weighted by Crippen LogP contribution is -2.08. The molecule has 1 aromatic heterocycles. The van der Waals surface area contributed by atoms with Crippen molar-refractivity contribution in [3.63, 3.8) is 0 Å². The Bertz CT molecular complexity index is 487. The zero-order chi connectivity index (χ0) is 12.1. The first-order valence-corrected chi connectivity index (χ1v) is 5.48. The molecule has 3 nitrogen and oxygen atoms in total. The van der Waals surface area contributed by atoms with Gasteiger partial charge < -0.3 is 4.90 Å². The van der Waals surface area contributed by atoms with Crippen molar-refractivity contribution < 1.29 is 0 Å². The highest BCUT2D eigenvalue weighted by molar-refractivity contribution is 5.82. The van der Waals surface area contributed by atoms with Gasteiger partial charge in [-0.05, 0) is 29.8 Å². The fraction of sp³-hybridized carbons (Fsp3) is 0.143. The first kappa shape index (κ1) is 11.3. The summed E-state index contributed by atoms with van der Waals surface area (Å²) in [6.07, 6.45) is 3.56. The number of benzene rings is 1. The number of aliphatic imine (C=N–C) groups is 1. The van der Waals surface area contributed by atoms with E-state index in [0.29, 0.717) is 0 Å². The van der Waals surface area contributed by atoms with E-state index in [-0.39, 0.29) is 0 Å². The van der Waals surface area contributed by atoms with Crippen molar-refractivity contribution in [3.8, 4) is 0 Å². The molecule has 0 saturated carbocycles. The van der Waals surface area contributed by atoms with Crippen LogP contribution in [0, 0.1) is 0 Å². The molecule has 0 atom stereocenters. The van der Waals surface area contributed by atoms with Crippen LogP contribution in [0.2, 0.25) is 0 Å². The van der Waals surface area contributed by atoms with Crippen LogP contribution in [0.5, 0.6) is 0 Å². The zero-order valence-corrected chi connectivity index (χ0v) is 10.0. The fourth-order valence-corrected chi connectivity index (χ4v) is 1.43. The Kier molecular flexibility index (Phi) is 3.50. The third-order valence-electron chi connectivity index (χ3n) is 2.40. The molecular formula is C14H15N3. The monoisotopic (exact) mass is 225 g/mol. The molecule has 0 unspecified atom stereocenters. The van der Waals surface area contributed by atoms with E-state index in [1.807, 2.05) is 50.6 Å². The van der Waals surface area contributed by atoms with E-state index in [0.717, 1.165) is 11.4 Å². The summed E-state index contributed by atoms with van der Waals surface area (Å²) in [5.41, 5.74) is 2.25. The summed E-state index contributed by atoms with van der Waals surface area (Å²) in [4.78, 5) is 10.5. The Hall–Kier alpha value is -2.16. The summed E-state index contributed by atoms with van der Waals surface area (Å²) in [5.74, 6) is 0.726. The Morgan fingerprint density at radius 3 is 2.41 bits per heavy atom. The van der Waals surface area contributed by atoms with Crippen LogP contribution in [0.25, 0.3) is 0 Å². The zero-order valence-electron chi connectivity index (χ0n) is 10.0. The fourth-order valence-electron chi connectivity index (χ4n) is 1.43. The van der Waals surface area contributed by atoms with E-state index < -0.39 is 0 Å². The topological polar surface area (TPSA) is 28.5 Å². The molecule has 0 amide bonds. The number of pyridine rings is 1. The highest BCUT2D eigenvalue weighted by atomic mass is 15.1. The minimum Gasteiger partial charge on any atom is -0.378 e. The first-order chi connectivity index (χ1) is 8.25. The van der Waals surface area contributed by atoms with E-state index in [4.69, 9.17) is 0 Å². The van der Waals surface area contributed by atoms with Gasteiger partial charge in [0.1, 0.15) is 0 Å². The maximum atomic E-state index is 4.30. The molecule has 2 aromatic rings. The summed E-state index contributed by atoms with van der Waals surface area (Å²) in [6, 6.07) is 13.9. The third-order valence-corrected chi connectivity index (χ3v) is 2.40. The van der Waals surface area contributed by atoms with E-state index in [1.165, 1.54) is 5.69 Å². The predicted molar refractivity (Wildman–Crippen MR) is 72.3 cm³/mol. The van der Waals surface area contributed by atoms with Gasteiger partial charge in [0.05, 0.1) is 0 Å². The van der Waals surface area contributed by atoms with Gasteiger partial charge in [0, 0.05) is 32.2 Å². The second-order valence-corrected chi connectivity index (χ2v) is 3.93. The molecule has 0 radical (unpaired) electrons. The van der Waals surface area contributed by atoms with Crippen molar-refractivity contribution in [1.29, 1.82) is 0 Å². The van der Waals surface area contributed by atoms with Gasteiger partial charge in [-0.15, -0.1) is 0 Å². The van der Waals surface area contributed by atoms with Gasteiger partial charge in [-0.3, -0.25) is 0 Å². The van der Waals surface area contributed by atoms with Gasteiger partial charge in [-0.1, -0.05) is 18.2 Å². The molecule has 0 bridgehead atoms.